The number of benzene rings is 3. The third-order valence-electron chi connectivity index (χ3n) is 10.9. The zero-order chi connectivity index (χ0) is 41.0. The van der Waals surface area contributed by atoms with E-state index in [0.717, 1.165) is 49.8 Å². The van der Waals surface area contributed by atoms with Gasteiger partial charge in [-0.15, -0.1) is 0 Å². The Morgan fingerprint density at radius 1 is 0.828 bits per heavy atom. The number of carbonyl (C=O) groups is 5. The molecule has 13 nitrogen and oxygen atoms in total. The van der Waals surface area contributed by atoms with Crippen molar-refractivity contribution in [2.75, 3.05) is 13.1 Å². The van der Waals surface area contributed by atoms with Gasteiger partial charge in [-0.25, -0.2) is 0 Å². The average molecular weight is 789 g/mol. The molecule has 4 atom stereocenters. The van der Waals surface area contributed by atoms with Crippen LogP contribution in [0.5, 0.6) is 0 Å². The lowest BCUT2D eigenvalue weighted by molar-refractivity contribution is -0.154. The zero-order valence-electron chi connectivity index (χ0n) is 33.4. The number of amides is 5. The van der Waals surface area contributed by atoms with Crippen molar-refractivity contribution < 1.29 is 24.0 Å². The van der Waals surface area contributed by atoms with Crippen LogP contribution in [0.25, 0.3) is 21.8 Å². The Labute approximate surface area is 339 Å². The number of unbranched alkanes of at least 4 members (excludes halogenated alkanes) is 1. The van der Waals surface area contributed by atoms with Gasteiger partial charge >= 0.3 is 0 Å². The zero-order valence-corrected chi connectivity index (χ0v) is 33.4. The number of hydrogen-bond acceptors (Lipinski definition) is 7. The van der Waals surface area contributed by atoms with Crippen LogP contribution in [0.3, 0.4) is 0 Å². The lowest BCUT2D eigenvalue weighted by Gasteiger charge is -2.33. The second kappa shape index (κ2) is 20.1. The lowest BCUT2D eigenvalue weighted by atomic mass is 10.00. The summed E-state index contributed by atoms with van der Waals surface area (Å²) in [5, 5.41) is 14.2. The highest BCUT2D eigenvalue weighted by molar-refractivity contribution is 6.05. The molecule has 0 radical (unpaired) electrons. The van der Waals surface area contributed by atoms with E-state index in [1.807, 2.05) is 91.3 Å². The van der Waals surface area contributed by atoms with Crippen LogP contribution >= 0.6 is 0 Å². The molecule has 1 fully saturated rings. The quantitative estimate of drug-likeness (QED) is 0.0506. The predicted molar refractivity (Wildman–Crippen MR) is 225 cm³/mol. The van der Waals surface area contributed by atoms with Gasteiger partial charge in [0.05, 0.1) is 6.04 Å². The number of nitrogens with zero attached hydrogens (tertiary/aromatic N) is 1. The van der Waals surface area contributed by atoms with Crippen molar-refractivity contribution in [1.29, 1.82) is 0 Å². The second-order valence-electron chi connectivity index (χ2n) is 15.6. The molecule has 3 heterocycles. The molecular weight excluding hydrogens is 733 g/mol. The van der Waals surface area contributed by atoms with Crippen LogP contribution in [-0.4, -0.2) is 81.7 Å². The predicted octanol–water partition coefficient (Wildman–Crippen LogP) is 4.37. The van der Waals surface area contributed by atoms with Crippen molar-refractivity contribution in [3.05, 3.63) is 108 Å². The first-order valence-corrected chi connectivity index (χ1v) is 20.4. The minimum Gasteiger partial charge on any atom is -0.361 e. The van der Waals surface area contributed by atoms with E-state index in [2.05, 4.69) is 45.1 Å². The fourth-order valence-corrected chi connectivity index (χ4v) is 7.63. The number of aromatic nitrogens is 2. The van der Waals surface area contributed by atoms with Gasteiger partial charge in [-0.3, -0.25) is 28.9 Å². The molecule has 5 amide bonds. The van der Waals surface area contributed by atoms with Gasteiger partial charge in [0, 0.05) is 66.6 Å². The minimum absolute atomic E-state index is 0.0907. The van der Waals surface area contributed by atoms with Crippen LogP contribution in [0, 0.1) is 5.92 Å². The number of hydrogen-bond donors (Lipinski definition) is 7. The molecule has 1 aliphatic rings. The summed E-state index contributed by atoms with van der Waals surface area (Å²) < 4.78 is 0. The van der Waals surface area contributed by atoms with Gasteiger partial charge < -0.3 is 37.0 Å². The standard InChI is InChI=1S/C45H56N8O5/c1-29(2)21-23-47-42(55)38(25-31-26-48-35-16-8-6-14-33(31)35)51-44(57)40(18-10-11-22-46)53-41(54)20-19-37(50-28-32-27-49-36-17-9-7-15-34(32)36)43(56)52-39(45(53)58)24-30-12-4-3-5-13-30/h3-9,12-17,26-27,29,37-40,48-50H,10-11,18-25,28,46H2,1-2H3,(H,47,55)(H,51,57)(H,52,56)/t37-,38+,39-,40+/m1/s1. The van der Waals surface area contributed by atoms with Crippen LogP contribution in [0.1, 0.15) is 69.1 Å². The van der Waals surface area contributed by atoms with E-state index >= 15 is 0 Å². The summed E-state index contributed by atoms with van der Waals surface area (Å²) in [6.45, 7) is 5.26. The van der Waals surface area contributed by atoms with Crippen LogP contribution in [0.15, 0.2) is 91.3 Å². The van der Waals surface area contributed by atoms with Crippen molar-refractivity contribution in [1.82, 2.24) is 36.1 Å². The summed E-state index contributed by atoms with van der Waals surface area (Å²) >= 11 is 0. The van der Waals surface area contributed by atoms with Gasteiger partial charge in [0.25, 0.3) is 5.91 Å². The molecule has 0 spiro atoms. The molecule has 6 rings (SSSR count). The molecule has 0 saturated carbocycles. The molecule has 5 aromatic rings. The van der Waals surface area contributed by atoms with Crippen molar-refractivity contribution in [3.63, 3.8) is 0 Å². The number of imide groups is 1. The number of H-pyrrole nitrogens is 2. The van der Waals surface area contributed by atoms with Crippen molar-refractivity contribution in [3.8, 4) is 0 Å². The number of aromatic amines is 2. The highest BCUT2D eigenvalue weighted by Crippen LogP contribution is 2.23. The molecule has 1 saturated heterocycles. The van der Waals surface area contributed by atoms with Gasteiger partial charge in [-0.2, -0.15) is 0 Å². The number of fused-ring (bicyclic) bond motifs is 2. The van der Waals surface area contributed by atoms with Crippen molar-refractivity contribution >= 4 is 51.3 Å². The van der Waals surface area contributed by atoms with Gasteiger partial charge in [-0.05, 0) is 73.4 Å². The topological polar surface area (TPSA) is 194 Å². The summed E-state index contributed by atoms with van der Waals surface area (Å²) in [4.78, 5) is 79.3. The normalized spacial score (nSPS) is 17.4. The monoisotopic (exact) mass is 788 g/mol. The maximum atomic E-state index is 14.8. The van der Waals surface area contributed by atoms with Crippen LogP contribution in [-0.2, 0) is 43.4 Å². The van der Waals surface area contributed by atoms with E-state index in [0.29, 0.717) is 38.4 Å². The minimum atomic E-state index is -1.26. The van der Waals surface area contributed by atoms with Gasteiger partial charge in [0.2, 0.25) is 23.6 Å². The Bertz CT molecular complexity index is 2180. The maximum Gasteiger partial charge on any atom is 0.252 e. The van der Waals surface area contributed by atoms with E-state index in [9.17, 15) is 24.0 Å². The molecule has 58 heavy (non-hydrogen) atoms. The number of nitrogens with two attached hydrogens (primary N) is 1. The molecule has 8 N–H and O–H groups in total. The van der Waals surface area contributed by atoms with E-state index in [4.69, 9.17) is 5.73 Å². The molecule has 0 unspecified atom stereocenters. The second-order valence-corrected chi connectivity index (χ2v) is 15.6. The van der Waals surface area contributed by atoms with Crippen LogP contribution in [0.4, 0.5) is 0 Å². The number of para-hydroxylation sites is 2. The number of rotatable bonds is 18. The Balaban J connectivity index is 1.29. The lowest BCUT2D eigenvalue weighted by Crippen LogP contribution is -2.60. The van der Waals surface area contributed by atoms with E-state index in [1.165, 1.54) is 0 Å². The highest BCUT2D eigenvalue weighted by Gasteiger charge is 2.41. The molecule has 1 aliphatic heterocycles. The molecular formula is C45H56N8O5. The Hall–Kier alpha value is -5.79. The molecule has 13 heteroatoms. The molecule has 3 aromatic carbocycles. The molecule has 306 valence electrons. The highest BCUT2D eigenvalue weighted by atomic mass is 16.2. The van der Waals surface area contributed by atoms with E-state index in [-0.39, 0.29) is 38.0 Å². The largest absolute Gasteiger partial charge is 0.361 e. The van der Waals surface area contributed by atoms with Gasteiger partial charge in [0.1, 0.15) is 18.1 Å². The number of carbonyl (C=O) groups excluding carboxylic acids is 5. The summed E-state index contributed by atoms with van der Waals surface area (Å²) in [6.07, 6.45) is 5.81. The summed E-state index contributed by atoms with van der Waals surface area (Å²) in [5.41, 5.74) is 10.3. The van der Waals surface area contributed by atoms with Crippen molar-refractivity contribution in [2.24, 2.45) is 11.7 Å². The smallest absolute Gasteiger partial charge is 0.252 e. The average Bonchev–Trinajstić information content (AvgIpc) is 3.84. The SMILES string of the molecule is CC(C)CCNC(=O)[C@H](Cc1c[nH]c2ccccc12)NC(=O)[C@H](CCCCN)N1C(=O)CC[C@@H](NCc2c[nH]c3ccccc23)C(=O)N[C@H](Cc2ccccc2)C1=O. The third-order valence-corrected chi connectivity index (χ3v) is 10.9. The fourth-order valence-electron chi connectivity index (χ4n) is 7.63. The molecule has 0 aliphatic carbocycles. The molecule has 0 bridgehead atoms. The van der Waals surface area contributed by atoms with E-state index in [1.54, 1.807) is 0 Å². The number of nitrogens with one attached hydrogen (secondary N) is 6. The molecule has 2 aromatic heterocycles. The summed E-state index contributed by atoms with van der Waals surface area (Å²) in [6, 6.07) is 20.6. The van der Waals surface area contributed by atoms with Gasteiger partial charge in [-0.1, -0.05) is 80.6 Å². The van der Waals surface area contributed by atoms with Crippen molar-refractivity contribution in [2.45, 2.75) is 95.9 Å². The Morgan fingerprint density at radius 2 is 1.48 bits per heavy atom. The first kappa shape index (κ1) is 41.8. The Morgan fingerprint density at radius 3 is 2.17 bits per heavy atom. The fraction of sp³-hybridized carbons (Fsp3) is 0.400. The first-order chi connectivity index (χ1) is 28.1. The summed E-state index contributed by atoms with van der Waals surface area (Å²) in [5.74, 6) is -2.29. The maximum absolute atomic E-state index is 14.8. The van der Waals surface area contributed by atoms with Crippen LogP contribution < -0.4 is 27.0 Å². The first-order valence-electron chi connectivity index (χ1n) is 20.4. The van der Waals surface area contributed by atoms with E-state index < -0.39 is 47.8 Å². The van der Waals surface area contributed by atoms with Crippen LogP contribution in [0.2, 0.25) is 0 Å². The third kappa shape index (κ3) is 10.6. The Kier molecular flexibility index (Phi) is 14.5. The van der Waals surface area contributed by atoms with Gasteiger partial charge in [0.15, 0.2) is 0 Å². The summed E-state index contributed by atoms with van der Waals surface area (Å²) in [7, 11) is 0.